The van der Waals surface area contributed by atoms with Gasteiger partial charge < -0.3 is 10.4 Å². The van der Waals surface area contributed by atoms with Crippen molar-refractivity contribution in [3.8, 4) is 0 Å². The molecule has 0 saturated heterocycles. The first-order valence-corrected chi connectivity index (χ1v) is 7.72. The average Bonchev–Trinajstić information content (AvgIpc) is 2.46. The predicted molar refractivity (Wildman–Crippen MR) is 75.5 cm³/mol. The van der Waals surface area contributed by atoms with Crippen LogP contribution in [0.1, 0.15) is 32.1 Å². The van der Waals surface area contributed by atoms with E-state index in [2.05, 4.69) is 15.3 Å². The molecule has 5 nitrogen and oxygen atoms in total. The van der Waals surface area contributed by atoms with Gasteiger partial charge in [-0.1, -0.05) is 19.3 Å². The molecule has 1 saturated carbocycles. The molecule has 2 rings (SSSR count). The summed E-state index contributed by atoms with van der Waals surface area (Å²) in [6.45, 7) is 0.438. The molecule has 2 N–H and O–H groups in total. The zero-order valence-electron chi connectivity index (χ0n) is 11.1. The summed E-state index contributed by atoms with van der Waals surface area (Å²) in [6.07, 6.45) is 8.07. The molecule has 0 amide bonds. The smallest absolute Gasteiger partial charge is 0.311 e. The van der Waals surface area contributed by atoms with Crippen LogP contribution >= 0.6 is 11.8 Å². The molecule has 1 aromatic rings. The van der Waals surface area contributed by atoms with Gasteiger partial charge in [-0.25, -0.2) is 9.97 Å². The number of hydrogen-bond donors (Lipinski definition) is 2. The Morgan fingerprint density at radius 1 is 1.42 bits per heavy atom. The largest absolute Gasteiger partial charge is 0.481 e. The fourth-order valence-electron chi connectivity index (χ4n) is 2.50. The molecule has 104 valence electrons. The standard InChI is InChI=1S/C13H19N3O2S/c1-19-11-7-10(15-9-16-11)14-8-13(12(17)18)5-3-2-4-6-13/h7,9H,2-6,8H2,1H3,(H,17,18)(H,14,15,16). The second-order valence-corrected chi connectivity index (χ2v) is 5.77. The van der Waals surface area contributed by atoms with Crippen molar-refractivity contribution in [2.45, 2.75) is 37.1 Å². The van der Waals surface area contributed by atoms with Crippen molar-refractivity contribution in [3.05, 3.63) is 12.4 Å². The van der Waals surface area contributed by atoms with Gasteiger partial charge in [-0.3, -0.25) is 4.79 Å². The zero-order valence-corrected chi connectivity index (χ0v) is 11.9. The Morgan fingerprint density at radius 3 is 2.79 bits per heavy atom. The van der Waals surface area contributed by atoms with Gasteiger partial charge in [0.15, 0.2) is 0 Å². The molecule has 1 aromatic heterocycles. The minimum atomic E-state index is -0.696. The van der Waals surface area contributed by atoms with E-state index in [-0.39, 0.29) is 0 Å². The summed E-state index contributed by atoms with van der Waals surface area (Å²) in [7, 11) is 0. The molecular weight excluding hydrogens is 262 g/mol. The molecular formula is C13H19N3O2S. The summed E-state index contributed by atoms with van der Waals surface area (Å²) in [5, 5.41) is 13.5. The number of rotatable bonds is 5. The molecule has 0 radical (unpaired) electrons. The number of nitrogens with one attached hydrogen (secondary N) is 1. The lowest BCUT2D eigenvalue weighted by Crippen LogP contribution is -2.39. The number of carbonyl (C=O) groups is 1. The number of anilines is 1. The summed E-state index contributed by atoms with van der Waals surface area (Å²) < 4.78 is 0. The number of nitrogens with zero attached hydrogens (tertiary/aromatic N) is 2. The van der Waals surface area contributed by atoms with Crippen molar-refractivity contribution in [2.24, 2.45) is 5.41 Å². The van der Waals surface area contributed by atoms with Crippen molar-refractivity contribution >= 4 is 23.5 Å². The third-order valence-corrected chi connectivity index (χ3v) is 4.36. The average molecular weight is 281 g/mol. The van der Waals surface area contributed by atoms with E-state index in [0.717, 1.165) is 37.1 Å². The predicted octanol–water partition coefficient (Wildman–Crippen LogP) is 2.65. The maximum absolute atomic E-state index is 11.5. The van der Waals surface area contributed by atoms with Gasteiger partial charge in [-0.15, -0.1) is 11.8 Å². The summed E-state index contributed by atoms with van der Waals surface area (Å²) in [4.78, 5) is 19.8. The summed E-state index contributed by atoms with van der Waals surface area (Å²) in [5.74, 6) is 0.00407. The number of carboxylic acid groups (broad SMARTS) is 1. The molecule has 0 bridgehead atoms. The number of thioether (sulfide) groups is 1. The number of carboxylic acids is 1. The monoisotopic (exact) mass is 281 g/mol. The Bertz CT molecular complexity index is 447. The van der Waals surface area contributed by atoms with E-state index in [9.17, 15) is 9.90 Å². The molecule has 1 heterocycles. The van der Waals surface area contributed by atoms with E-state index < -0.39 is 11.4 Å². The van der Waals surface area contributed by atoms with Crippen molar-refractivity contribution in [2.75, 3.05) is 18.1 Å². The highest BCUT2D eigenvalue weighted by molar-refractivity contribution is 7.98. The van der Waals surface area contributed by atoms with Gasteiger partial charge in [-0.2, -0.15) is 0 Å². The second kappa shape index (κ2) is 6.23. The zero-order chi connectivity index (χ0) is 13.7. The lowest BCUT2D eigenvalue weighted by atomic mass is 9.74. The van der Waals surface area contributed by atoms with Gasteiger partial charge in [0.2, 0.25) is 0 Å². The molecule has 1 aliphatic rings. The molecule has 0 unspecified atom stereocenters. The van der Waals surface area contributed by atoms with E-state index in [0.29, 0.717) is 12.4 Å². The lowest BCUT2D eigenvalue weighted by Gasteiger charge is -2.33. The van der Waals surface area contributed by atoms with Crippen LogP contribution in [0, 0.1) is 5.41 Å². The highest BCUT2D eigenvalue weighted by atomic mass is 32.2. The summed E-state index contributed by atoms with van der Waals surface area (Å²) in [6, 6.07) is 1.85. The first-order chi connectivity index (χ1) is 9.16. The number of aliphatic carboxylic acids is 1. The molecule has 1 aliphatic carbocycles. The van der Waals surface area contributed by atoms with E-state index in [1.165, 1.54) is 6.33 Å². The van der Waals surface area contributed by atoms with Crippen LogP contribution < -0.4 is 5.32 Å². The molecule has 6 heteroatoms. The van der Waals surface area contributed by atoms with E-state index >= 15 is 0 Å². The van der Waals surface area contributed by atoms with E-state index in [4.69, 9.17) is 0 Å². The summed E-state index contributed by atoms with van der Waals surface area (Å²) in [5.41, 5.74) is -0.636. The molecule has 0 spiro atoms. The van der Waals surface area contributed by atoms with Crippen LogP contribution in [0.5, 0.6) is 0 Å². The topological polar surface area (TPSA) is 75.1 Å². The van der Waals surface area contributed by atoms with Crippen LogP contribution in [0.3, 0.4) is 0 Å². The SMILES string of the molecule is CSc1cc(NCC2(C(=O)O)CCCCC2)ncn1. The Morgan fingerprint density at radius 2 is 2.16 bits per heavy atom. The fourth-order valence-corrected chi connectivity index (χ4v) is 2.88. The Labute approximate surface area is 117 Å². The van der Waals surface area contributed by atoms with Gasteiger partial charge in [-0.05, 0) is 19.1 Å². The third kappa shape index (κ3) is 3.37. The van der Waals surface area contributed by atoms with Crippen LogP contribution in [-0.4, -0.2) is 33.8 Å². The van der Waals surface area contributed by atoms with Gasteiger partial charge in [0.1, 0.15) is 17.2 Å². The van der Waals surface area contributed by atoms with Gasteiger partial charge in [0.05, 0.1) is 5.41 Å². The quantitative estimate of drug-likeness (QED) is 0.638. The third-order valence-electron chi connectivity index (χ3n) is 3.72. The minimum Gasteiger partial charge on any atom is -0.481 e. The second-order valence-electron chi connectivity index (χ2n) is 4.95. The molecule has 0 aromatic carbocycles. The van der Waals surface area contributed by atoms with Crippen LogP contribution in [0.15, 0.2) is 17.4 Å². The molecule has 19 heavy (non-hydrogen) atoms. The molecule has 0 aliphatic heterocycles. The van der Waals surface area contributed by atoms with Gasteiger partial charge in [0, 0.05) is 12.6 Å². The van der Waals surface area contributed by atoms with Crippen LogP contribution in [-0.2, 0) is 4.79 Å². The minimum absolute atomic E-state index is 0.438. The van der Waals surface area contributed by atoms with E-state index in [1.807, 2.05) is 12.3 Å². The highest BCUT2D eigenvalue weighted by Gasteiger charge is 2.39. The highest BCUT2D eigenvalue weighted by Crippen LogP contribution is 2.36. The van der Waals surface area contributed by atoms with Crippen molar-refractivity contribution in [1.29, 1.82) is 0 Å². The van der Waals surface area contributed by atoms with Gasteiger partial charge >= 0.3 is 5.97 Å². The Hall–Kier alpha value is -1.30. The summed E-state index contributed by atoms with van der Waals surface area (Å²) >= 11 is 1.54. The van der Waals surface area contributed by atoms with E-state index in [1.54, 1.807) is 11.8 Å². The first-order valence-electron chi connectivity index (χ1n) is 6.50. The lowest BCUT2D eigenvalue weighted by molar-refractivity contribution is -0.150. The first kappa shape index (κ1) is 14.1. The maximum Gasteiger partial charge on any atom is 0.311 e. The number of aromatic nitrogens is 2. The van der Waals surface area contributed by atoms with Crippen LogP contribution in [0.4, 0.5) is 5.82 Å². The van der Waals surface area contributed by atoms with Crippen LogP contribution in [0.25, 0.3) is 0 Å². The van der Waals surface area contributed by atoms with Crippen molar-refractivity contribution in [3.63, 3.8) is 0 Å². The number of hydrogen-bond acceptors (Lipinski definition) is 5. The van der Waals surface area contributed by atoms with Crippen LogP contribution in [0.2, 0.25) is 0 Å². The molecule has 0 atom stereocenters. The van der Waals surface area contributed by atoms with Gasteiger partial charge in [0.25, 0.3) is 0 Å². The Balaban J connectivity index is 2.04. The molecule has 1 fully saturated rings. The van der Waals surface area contributed by atoms with Crippen molar-refractivity contribution < 1.29 is 9.90 Å². The maximum atomic E-state index is 11.5. The normalized spacial score (nSPS) is 17.9. The fraction of sp³-hybridized carbons (Fsp3) is 0.615. The van der Waals surface area contributed by atoms with Crippen molar-refractivity contribution in [1.82, 2.24) is 9.97 Å². The Kier molecular flexibility index (Phi) is 4.63.